The highest BCUT2D eigenvalue weighted by Gasteiger charge is 2.23. The van der Waals surface area contributed by atoms with Gasteiger partial charge in [-0.2, -0.15) is 0 Å². The zero-order valence-corrected chi connectivity index (χ0v) is 7.30. The molecule has 0 bridgehead atoms. The summed E-state index contributed by atoms with van der Waals surface area (Å²) in [6.45, 7) is -0.761. The highest BCUT2D eigenvalue weighted by atomic mass is 35.5. The molecule has 0 radical (unpaired) electrons. The summed E-state index contributed by atoms with van der Waals surface area (Å²) in [5, 5.41) is 6.91. The molecule has 0 aliphatic carbocycles. The summed E-state index contributed by atoms with van der Waals surface area (Å²) < 4.78 is 51.2. The second-order valence-corrected chi connectivity index (χ2v) is 2.76. The molecule has 1 aromatic rings. The van der Waals surface area contributed by atoms with Crippen LogP contribution in [0.15, 0.2) is 0 Å². The average Bonchev–Trinajstić information content (AvgIpc) is 2.19. The molecule has 1 aromatic carbocycles. The predicted octanol–water partition coefficient (Wildman–Crippen LogP) is 2.38. The fraction of sp³-hybridized carbons (Fsp3) is 0.143. The molecule has 0 aliphatic heterocycles. The van der Waals surface area contributed by atoms with Gasteiger partial charge in [-0.3, -0.25) is 0 Å². The van der Waals surface area contributed by atoms with Crippen molar-refractivity contribution in [3.63, 3.8) is 0 Å². The van der Waals surface area contributed by atoms with Crippen LogP contribution in [-0.2, 0) is 6.54 Å². The summed E-state index contributed by atoms with van der Waals surface area (Å²) >= 11 is 4.95. The van der Waals surface area contributed by atoms with Crippen molar-refractivity contribution in [1.29, 1.82) is 0 Å². The molecule has 1 rings (SSSR count). The van der Waals surface area contributed by atoms with Gasteiger partial charge in [0.15, 0.2) is 23.3 Å². The Morgan fingerprint density at radius 3 is 1.79 bits per heavy atom. The Hall–Kier alpha value is -0.850. The molecule has 0 fully saturated rings. The lowest BCUT2D eigenvalue weighted by atomic mass is 10.2. The Balaban J connectivity index is 3.43. The molecule has 0 spiro atoms. The van der Waals surface area contributed by atoms with Crippen LogP contribution in [0.5, 0.6) is 0 Å². The van der Waals surface area contributed by atoms with Crippen LogP contribution >= 0.6 is 11.6 Å². The maximum Gasteiger partial charge on any atom is 0.180 e. The van der Waals surface area contributed by atoms with Crippen molar-refractivity contribution < 1.29 is 22.8 Å². The predicted molar refractivity (Wildman–Crippen MR) is 39.9 cm³/mol. The number of hydrogen-bond acceptors (Lipinski definition) is 2. The van der Waals surface area contributed by atoms with Crippen molar-refractivity contribution in [3.8, 4) is 0 Å². The third kappa shape index (κ3) is 1.68. The first-order chi connectivity index (χ1) is 6.50. The van der Waals surface area contributed by atoms with Gasteiger partial charge in [0.1, 0.15) is 5.02 Å². The minimum atomic E-state index is -1.68. The Kier molecular flexibility index (Phi) is 3.30. The molecule has 78 valence electrons. The van der Waals surface area contributed by atoms with E-state index in [-0.39, 0.29) is 0 Å². The second-order valence-electron chi connectivity index (χ2n) is 2.38. The second kappa shape index (κ2) is 4.12. The minimum absolute atomic E-state index is 0.761. The van der Waals surface area contributed by atoms with Crippen molar-refractivity contribution in [2.75, 3.05) is 0 Å². The minimum Gasteiger partial charge on any atom is -0.316 e. The number of hydroxylamine groups is 1. The third-order valence-electron chi connectivity index (χ3n) is 1.56. The quantitative estimate of drug-likeness (QED) is 0.353. The lowest BCUT2D eigenvalue weighted by molar-refractivity contribution is 0.157. The van der Waals surface area contributed by atoms with Crippen molar-refractivity contribution in [1.82, 2.24) is 5.48 Å². The van der Waals surface area contributed by atoms with Crippen LogP contribution in [-0.4, -0.2) is 5.21 Å². The van der Waals surface area contributed by atoms with E-state index < -0.39 is 40.4 Å². The largest absolute Gasteiger partial charge is 0.316 e. The first-order valence-corrected chi connectivity index (χ1v) is 3.75. The van der Waals surface area contributed by atoms with E-state index in [4.69, 9.17) is 16.8 Å². The summed E-state index contributed by atoms with van der Waals surface area (Å²) in [4.78, 5) is 0. The molecule has 0 amide bonds. The molecular weight excluding hydrogens is 226 g/mol. The highest BCUT2D eigenvalue weighted by molar-refractivity contribution is 6.30. The number of nitrogens with one attached hydrogen (secondary N) is 1. The van der Waals surface area contributed by atoms with E-state index in [0.717, 1.165) is 0 Å². The molecular formula is C7H4ClF4NO. The lowest BCUT2D eigenvalue weighted by Crippen LogP contribution is -2.13. The average molecular weight is 230 g/mol. The first kappa shape index (κ1) is 11.2. The van der Waals surface area contributed by atoms with Crippen molar-refractivity contribution in [2.24, 2.45) is 0 Å². The molecule has 2 N–H and O–H groups in total. The van der Waals surface area contributed by atoms with Crippen LogP contribution in [0, 0.1) is 23.3 Å². The Bertz CT molecular complexity index is 342. The molecule has 0 aliphatic rings. The highest BCUT2D eigenvalue weighted by Crippen LogP contribution is 2.27. The molecule has 2 nitrogen and oxygen atoms in total. The maximum atomic E-state index is 12.9. The molecule has 0 unspecified atom stereocenters. The van der Waals surface area contributed by atoms with Gasteiger partial charge in [0.2, 0.25) is 0 Å². The normalized spacial score (nSPS) is 10.7. The Morgan fingerprint density at radius 2 is 1.43 bits per heavy atom. The summed E-state index contributed by atoms with van der Waals surface area (Å²) in [6, 6.07) is 0. The van der Waals surface area contributed by atoms with Crippen LogP contribution in [0.1, 0.15) is 5.56 Å². The SMILES string of the molecule is ONCc1c(F)c(F)c(Cl)c(F)c1F. The van der Waals surface area contributed by atoms with E-state index in [2.05, 4.69) is 0 Å². The van der Waals surface area contributed by atoms with Gasteiger partial charge in [-0.15, -0.1) is 0 Å². The van der Waals surface area contributed by atoms with Gasteiger partial charge in [0.05, 0.1) is 6.54 Å². The molecule has 14 heavy (non-hydrogen) atoms. The van der Waals surface area contributed by atoms with Crippen LogP contribution in [0.2, 0.25) is 5.02 Å². The maximum absolute atomic E-state index is 12.9. The van der Waals surface area contributed by atoms with Gasteiger partial charge in [0.25, 0.3) is 0 Å². The van der Waals surface area contributed by atoms with E-state index in [1.54, 1.807) is 0 Å². The molecule has 0 atom stereocenters. The van der Waals surface area contributed by atoms with Crippen LogP contribution in [0.3, 0.4) is 0 Å². The zero-order valence-electron chi connectivity index (χ0n) is 6.54. The molecule has 0 heterocycles. The van der Waals surface area contributed by atoms with Gasteiger partial charge < -0.3 is 5.21 Å². The van der Waals surface area contributed by atoms with E-state index in [9.17, 15) is 17.6 Å². The third-order valence-corrected chi connectivity index (χ3v) is 1.89. The van der Waals surface area contributed by atoms with E-state index in [0.29, 0.717) is 0 Å². The fourth-order valence-electron chi connectivity index (χ4n) is 0.885. The van der Waals surface area contributed by atoms with Crippen molar-refractivity contribution >= 4 is 11.6 Å². The van der Waals surface area contributed by atoms with Gasteiger partial charge in [-0.1, -0.05) is 11.6 Å². The number of halogens is 5. The molecule has 0 saturated heterocycles. The fourth-order valence-corrected chi connectivity index (χ4v) is 1.05. The molecule has 0 saturated carbocycles. The summed E-state index contributed by atoms with van der Waals surface area (Å²) in [5.41, 5.74) is 0.431. The van der Waals surface area contributed by atoms with Gasteiger partial charge in [-0.05, 0) is 0 Å². The monoisotopic (exact) mass is 229 g/mol. The van der Waals surface area contributed by atoms with E-state index in [1.807, 2.05) is 0 Å². The smallest absolute Gasteiger partial charge is 0.180 e. The standard InChI is InChI=1S/C7H4ClF4NO/c8-3-6(11)4(9)2(1-13-14)5(10)7(3)12/h13-14H,1H2. The summed E-state index contributed by atoms with van der Waals surface area (Å²) in [5.74, 6) is -6.63. The first-order valence-electron chi connectivity index (χ1n) is 3.38. The zero-order chi connectivity index (χ0) is 10.9. The summed E-state index contributed by atoms with van der Waals surface area (Å²) in [7, 11) is 0. The Morgan fingerprint density at radius 1 is 1.00 bits per heavy atom. The molecule has 7 heteroatoms. The lowest BCUT2D eigenvalue weighted by Gasteiger charge is -2.07. The number of hydrogen-bond donors (Lipinski definition) is 2. The van der Waals surface area contributed by atoms with Crippen molar-refractivity contribution in [2.45, 2.75) is 6.54 Å². The number of benzene rings is 1. The van der Waals surface area contributed by atoms with Crippen LogP contribution < -0.4 is 5.48 Å². The van der Waals surface area contributed by atoms with Gasteiger partial charge in [-0.25, -0.2) is 23.0 Å². The van der Waals surface area contributed by atoms with E-state index in [1.165, 1.54) is 5.48 Å². The number of rotatable bonds is 2. The topological polar surface area (TPSA) is 32.3 Å². The van der Waals surface area contributed by atoms with Crippen molar-refractivity contribution in [3.05, 3.63) is 33.9 Å². The van der Waals surface area contributed by atoms with Crippen LogP contribution in [0.4, 0.5) is 17.6 Å². The van der Waals surface area contributed by atoms with Gasteiger partial charge >= 0.3 is 0 Å². The molecule has 0 aromatic heterocycles. The van der Waals surface area contributed by atoms with Crippen LogP contribution in [0.25, 0.3) is 0 Å². The van der Waals surface area contributed by atoms with E-state index >= 15 is 0 Å². The summed E-state index contributed by atoms with van der Waals surface area (Å²) in [6.07, 6.45) is 0. The Labute approximate surface area is 81.1 Å². The van der Waals surface area contributed by atoms with Gasteiger partial charge in [0, 0.05) is 5.56 Å².